The summed E-state index contributed by atoms with van der Waals surface area (Å²) >= 11 is 1.54. The van der Waals surface area contributed by atoms with Crippen LogP contribution in [0, 0.1) is 12.7 Å². The summed E-state index contributed by atoms with van der Waals surface area (Å²) < 4.78 is 18.3. The summed E-state index contributed by atoms with van der Waals surface area (Å²) in [6.45, 7) is 4.08. The molecule has 0 spiro atoms. The lowest BCUT2D eigenvalue weighted by atomic mass is 10.1. The first-order chi connectivity index (χ1) is 12.5. The van der Waals surface area contributed by atoms with Gasteiger partial charge in [0, 0.05) is 23.7 Å². The summed E-state index contributed by atoms with van der Waals surface area (Å²) in [6, 6.07) is 6.66. The zero-order valence-corrected chi connectivity index (χ0v) is 16.0. The molecule has 2 N–H and O–H groups in total. The number of benzene rings is 1. The van der Waals surface area contributed by atoms with E-state index in [-0.39, 0.29) is 11.7 Å². The lowest BCUT2D eigenvalue weighted by Crippen LogP contribution is -2.26. The number of amides is 1. The Kier molecular flexibility index (Phi) is 7.26. The van der Waals surface area contributed by atoms with Crippen LogP contribution in [-0.2, 0) is 16.9 Å². The van der Waals surface area contributed by atoms with Crippen molar-refractivity contribution in [3.63, 3.8) is 0 Å². The van der Waals surface area contributed by atoms with Crippen molar-refractivity contribution < 1.29 is 18.7 Å². The Morgan fingerprint density at radius 2 is 2.04 bits per heavy atom. The molecule has 0 aliphatic carbocycles. The molecule has 0 fully saturated rings. The third-order valence-corrected chi connectivity index (χ3v) is 5.05. The number of hydrogen-bond acceptors (Lipinski definition) is 4. The molecule has 0 bridgehead atoms. The molecule has 5 nitrogen and oxygen atoms in total. The summed E-state index contributed by atoms with van der Waals surface area (Å²) in [5.74, 6) is 0.281. The normalized spacial score (nSPS) is 10.6. The van der Waals surface area contributed by atoms with Crippen LogP contribution in [0.15, 0.2) is 24.3 Å². The Morgan fingerprint density at radius 3 is 2.69 bits per heavy atom. The van der Waals surface area contributed by atoms with E-state index in [2.05, 4.69) is 10.3 Å². The number of aromatic nitrogens is 1. The molecule has 2 rings (SSSR count). The molecule has 0 saturated heterocycles. The van der Waals surface area contributed by atoms with Crippen LogP contribution in [0.3, 0.4) is 0 Å². The fourth-order valence-corrected chi connectivity index (χ4v) is 3.50. The van der Waals surface area contributed by atoms with Gasteiger partial charge in [-0.1, -0.05) is 25.1 Å². The van der Waals surface area contributed by atoms with Gasteiger partial charge in [-0.3, -0.25) is 4.79 Å². The fraction of sp³-hybridized carbons (Fsp3) is 0.368. The van der Waals surface area contributed by atoms with Crippen LogP contribution in [0.5, 0.6) is 0 Å². The van der Waals surface area contributed by atoms with E-state index in [4.69, 9.17) is 4.74 Å². The Morgan fingerprint density at radius 1 is 1.31 bits per heavy atom. The van der Waals surface area contributed by atoms with Crippen molar-refractivity contribution in [2.24, 2.45) is 0 Å². The second-order valence-corrected chi connectivity index (χ2v) is 6.83. The van der Waals surface area contributed by atoms with Gasteiger partial charge in [-0.15, -0.1) is 0 Å². The quantitative estimate of drug-likeness (QED) is 0.545. The highest BCUT2D eigenvalue weighted by molar-refractivity contribution is 7.98. The molecule has 2 aromatic rings. The van der Waals surface area contributed by atoms with Gasteiger partial charge < -0.3 is 15.0 Å². The number of esters is 1. The molecule has 1 aromatic heterocycles. The van der Waals surface area contributed by atoms with E-state index >= 15 is 0 Å². The summed E-state index contributed by atoms with van der Waals surface area (Å²) in [4.78, 5) is 27.3. The van der Waals surface area contributed by atoms with Crippen LogP contribution >= 0.6 is 11.8 Å². The molecule has 7 heteroatoms. The summed E-state index contributed by atoms with van der Waals surface area (Å²) in [5.41, 5.74) is 2.73. The van der Waals surface area contributed by atoms with E-state index in [1.54, 1.807) is 36.9 Å². The number of H-pyrrole nitrogens is 1. The maximum atomic E-state index is 13.5. The van der Waals surface area contributed by atoms with E-state index in [0.717, 1.165) is 0 Å². The smallest absolute Gasteiger partial charge is 0.339 e. The second kappa shape index (κ2) is 9.43. The third-order valence-electron chi connectivity index (χ3n) is 4.05. The van der Waals surface area contributed by atoms with Crippen molar-refractivity contribution >= 4 is 23.6 Å². The predicted molar refractivity (Wildman–Crippen MR) is 101 cm³/mol. The van der Waals surface area contributed by atoms with Crippen molar-refractivity contribution in [1.29, 1.82) is 0 Å². The number of carbonyl (C=O) groups excluding carboxylic acids is 2. The first-order valence-electron chi connectivity index (χ1n) is 8.38. The molecule has 0 aliphatic rings. The van der Waals surface area contributed by atoms with Gasteiger partial charge in [0.25, 0.3) is 5.91 Å². The summed E-state index contributed by atoms with van der Waals surface area (Å²) in [5, 5.41) is 2.83. The number of carbonyl (C=O) groups is 2. The van der Waals surface area contributed by atoms with E-state index < -0.39 is 5.97 Å². The molecule has 26 heavy (non-hydrogen) atoms. The molecule has 0 aliphatic heterocycles. The Bertz CT molecular complexity index is 789. The monoisotopic (exact) mass is 378 g/mol. The van der Waals surface area contributed by atoms with Gasteiger partial charge >= 0.3 is 5.97 Å². The zero-order chi connectivity index (χ0) is 19.1. The van der Waals surface area contributed by atoms with Gasteiger partial charge in [0.1, 0.15) is 11.5 Å². The maximum absolute atomic E-state index is 13.5. The van der Waals surface area contributed by atoms with Crippen LogP contribution in [0.25, 0.3) is 0 Å². The predicted octanol–water partition coefficient (Wildman–Crippen LogP) is 3.47. The van der Waals surface area contributed by atoms with Crippen molar-refractivity contribution in [3.05, 3.63) is 58.2 Å². The van der Waals surface area contributed by atoms with E-state index in [9.17, 15) is 14.0 Å². The average Bonchev–Trinajstić information content (AvgIpc) is 2.98. The number of rotatable bonds is 8. The maximum Gasteiger partial charge on any atom is 0.339 e. The molecule has 1 amide bonds. The number of ether oxygens (including phenoxy) is 1. The Labute approximate surface area is 156 Å². The van der Waals surface area contributed by atoms with Gasteiger partial charge in [-0.25, -0.2) is 9.18 Å². The van der Waals surface area contributed by atoms with Crippen LogP contribution < -0.4 is 5.32 Å². The van der Waals surface area contributed by atoms with Gasteiger partial charge in [0.2, 0.25) is 0 Å². The van der Waals surface area contributed by atoms with Crippen molar-refractivity contribution in [2.75, 3.05) is 19.4 Å². The van der Waals surface area contributed by atoms with Gasteiger partial charge in [0.15, 0.2) is 0 Å². The third kappa shape index (κ3) is 4.66. The molecule has 1 aromatic carbocycles. The van der Waals surface area contributed by atoms with Crippen LogP contribution in [0.2, 0.25) is 0 Å². The minimum atomic E-state index is -0.449. The van der Waals surface area contributed by atoms with Gasteiger partial charge in [-0.05, 0) is 30.5 Å². The van der Waals surface area contributed by atoms with Crippen LogP contribution in [-0.4, -0.2) is 36.3 Å². The second-order valence-electron chi connectivity index (χ2n) is 5.72. The van der Waals surface area contributed by atoms with Gasteiger partial charge in [-0.2, -0.15) is 11.8 Å². The lowest BCUT2D eigenvalue weighted by Gasteiger charge is -2.06. The molecule has 0 saturated carbocycles. The minimum absolute atomic E-state index is 0.214. The van der Waals surface area contributed by atoms with E-state index in [1.807, 2.05) is 6.92 Å². The average molecular weight is 378 g/mol. The largest absolute Gasteiger partial charge is 0.465 e. The Balaban J connectivity index is 1.89. The molecule has 1 heterocycles. The standard InChI is InChI=1S/C19H23FN2O3S/c1-4-15-16(19(24)25-3)12(2)17(22-15)18(23)21-9-10-26-11-13-7-5-6-8-14(13)20/h5-8,22H,4,9-11H2,1-3H3,(H,21,23). The molecule has 140 valence electrons. The van der Waals surface area contributed by atoms with Crippen molar-refractivity contribution in [3.8, 4) is 0 Å². The fourth-order valence-electron chi connectivity index (χ4n) is 2.65. The molecular weight excluding hydrogens is 355 g/mol. The number of nitrogens with one attached hydrogen (secondary N) is 2. The molecule has 0 radical (unpaired) electrons. The topological polar surface area (TPSA) is 71.2 Å². The van der Waals surface area contributed by atoms with E-state index in [0.29, 0.717) is 52.5 Å². The zero-order valence-electron chi connectivity index (χ0n) is 15.1. The minimum Gasteiger partial charge on any atom is -0.465 e. The van der Waals surface area contributed by atoms with E-state index in [1.165, 1.54) is 13.2 Å². The molecular formula is C19H23FN2O3S. The first kappa shape index (κ1) is 20.0. The summed E-state index contributed by atoms with van der Waals surface area (Å²) in [7, 11) is 1.32. The lowest BCUT2D eigenvalue weighted by molar-refractivity contribution is 0.0599. The number of aromatic amines is 1. The number of aryl methyl sites for hydroxylation is 1. The highest BCUT2D eigenvalue weighted by Gasteiger charge is 2.23. The first-order valence-corrected chi connectivity index (χ1v) is 9.54. The Hall–Kier alpha value is -2.28. The number of hydrogen-bond donors (Lipinski definition) is 2. The van der Waals surface area contributed by atoms with Crippen LogP contribution in [0.4, 0.5) is 4.39 Å². The SMILES string of the molecule is CCc1[nH]c(C(=O)NCCSCc2ccccc2F)c(C)c1C(=O)OC. The van der Waals surface area contributed by atoms with Crippen LogP contribution in [0.1, 0.15) is 44.6 Å². The molecule has 0 atom stereocenters. The van der Waals surface area contributed by atoms with Gasteiger partial charge in [0.05, 0.1) is 12.7 Å². The summed E-state index contributed by atoms with van der Waals surface area (Å²) in [6.07, 6.45) is 0.594. The van der Waals surface area contributed by atoms with Crippen molar-refractivity contribution in [1.82, 2.24) is 10.3 Å². The van der Waals surface area contributed by atoms with Crippen molar-refractivity contribution in [2.45, 2.75) is 26.0 Å². The highest BCUT2D eigenvalue weighted by Crippen LogP contribution is 2.20. The molecule has 0 unspecified atom stereocenters. The number of thioether (sulfide) groups is 1. The highest BCUT2D eigenvalue weighted by atomic mass is 32.2. The number of methoxy groups -OCH3 is 1. The number of halogens is 1.